The van der Waals surface area contributed by atoms with Gasteiger partial charge in [-0.2, -0.15) is 0 Å². The molecule has 0 aromatic heterocycles. The highest BCUT2D eigenvalue weighted by atomic mass is 79.9. The van der Waals surface area contributed by atoms with Crippen molar-refractivity contribution in [3.05, 3.63) is 28.2 Å². The predicted octanol–water partition coefficient (Wildman–Crippen LogP) is 2.56. The first-order chi connectivity index (χ1) is 8.54. The van der Waals surface area contributed by atoms with Crippen molar-refractivity contribution in [3.8, 4) is 0 Å². The molecule has 4 heteroatoms. The Balaban J connectivity index is 1.91. The third-order valence-electron chi connectivity index (χ3n) is 3.67. The summed E-state index contributed by atoms with van der Waals surface area (Å²) in [5, 5.41) is 0. The third-order valence-corrected chi connectivity index (χ3v) is 4.13. The van der Waals surface area contributed by atoms with Crippen molar-refractivity contribution in [1.29, 1.82) is 0 Å². The van der Waals surface area contributed by atoms with E-state index in [0.717, 1.165) is 22.7 Å². The van der Waals surface area contributed by atoms with Crippen LogP contribution in [0.1, 0.15) is 18.4 Å². The number of hydrogen-bond donors (Lipinski definition) is 1. The van der Waals surface area contributed by atoms with Crippen LogP contribution in [0.5, 0.6) is 0 Å². The van der Waals surface area contributed by atoms with Gasteiger partial charge >= 0.3 is 0 Å². The molecule has 0 saturated carbocycles. The lowest BCUT2D eigenvalue weighted by Gasteiger charge is -2.35. The molecule has 1 aliphatic heterocycles. The molecule has 18 heavy (non-hydrogen) atoms. The number of rotatable bonds is 3. The molecule has 1 saturated heterocycles. The normalized spacial score (nSPS) is 18.4. The molecule has 0 radical (unpaired) electrons. The van der Waals surface area contributed by atoms with E-state index in [1.54, 1.807) is 0 Å². The summed E-state index contributed by atoms with van der Waals surface area (Å²) in [4.78, 5) is 4.86. The van der Waals surface area contributed by atoms with Gasteiger partial charge in [-0.15, -0.1) is 0 Å². The fourth-order valence-corrected chi connectivity index (χ4v) is 3.18. The molecule has 1 aromatic rings. The lowest BCUT2D eigenvalue weighted by molar-refractivity contribution is 0.140. The molecule has 1 fully saturated rings. The summed E-state index contributed by atoms with van der Waals surface area (Å²) < 4.78 is 1.07. The van der Waals surface area contributed by atoms with Crippen molar-refractivity contribution in [3.63, 3.8) is 0 Å². The second-order valence-corrected chi connectivity index (χ2v) is 6.28. The molecule has 2 N–H and O–H groups in total. The van der Waals surface area contributed by atoms with E-state index in [-0.39, 0.29) is 0 Å². The van der Waals surface area contributed by atoms with Crippen LogP contribution >= 0.6 is 15.9 Å². The Hall–Kier alpha value is -0.580. The van der Waals surface area contributed by atoms with Crippen molar-refractivity contribution in [2.75, 3.05) is 32.9 Å². The first kappa shape index (κ1) is 13.8. The monoisotopic (exact) mass is 311 g/mol. The van der Waals surface area contributed by atoms with Gasteiger partial charge in [0.05, 0.1) is 0 Å². The van der Waals surface area contributed by atoms with Crippen molar-refractivity contribution >= 4 is 21.6 Å². The molecule has 1 aliphatic rings. The van der Waals surface area contributed by atoms with Crippen molar-refractivity contribution < 1.29 is 0 Å². The fourth-order valence-electron chi connectivity index (χ4n) is 2.62. The third kappa shape index (κ3) is 3.70. The maximum atomic E-state index is 5.87. The van der Waals surface area contributed by atoms with Gasteiger partial charge in [0.1, 0.15) is 0 Å². The molecular formula is C14H22BrN3. The highest BCUT2D eigenvalue weighted by Gasteiger charge is 2.20. The summed E-state index contributed by atoms with van der Waals surface area (Å²) in [7, 11) is 4.35. The molecule has 3 nitrogen and oxygen atoms in total. The SMILES string of the molecule is CN(C)C1CCN(Cc2cc(N)cc(Br)c2)CC1. The van der Waals surface area contributed by atoms with Crippen LogP contribution in [0, 0.1) is 0 Å². The largest absolute Gasteiger partial charge is 0.399 e. The minimum Gasteiger partial charge on any atom is -0.399 e. The average Bonchev–Trinajstić information content (AvgIpc) is 2.28. The maximum absolute atomic E-state index is 5.87. The standard InChI is InChI=1S/C14H22BrN3/c1-17(2)14-3-5-18(6-4-14)10-11-7-12(15)9-13(16)8-11/h7-9,14H,3-6,10,16H2,1-2H3. The summed E-state index contributed by atoms with van der Waals surface area (Å²) in [5.74, 6) is 0. The van der Waals surface area contributed by atoms with Gasteiger partial charge in [0.25, 0.3) is 0 Å². The second kappa shape index (κ2) is 6.04. The number of halogens is 1. The van der Waals surface area contributed by atoms with Gasteiger partial charge in [-0.3, -0.25) is 4.90 Å². The average molecular weight is 312 g/mol. The minimum absolute atomic E-state index is 0.744. The van der Waals surface area contributed by atoms with Gasteiger partial charge in [0.2, 0.25) is 0 Å². The maximum Gasteiger partial charge on any atom is 0.0328 e. The first-order valence-electron chi connectivity index (χ1n) is 6.48. The van der Waals surface area contributed by atoms with E-state index in [0.29, 0.717) is 0 Å². The number of anilines is 1. The highest BCUT2D eigenvalue weighted by Crippen LogP contribution is 2.21. The van der Waals surface area contributed by atoms with Gasteiger partial charge in [0.15, 0.2) is 0 Å². The highest BCUT2D eigenvalue weighted by molar-refractivity contribution is 9.10. The quantitative estimate of drug-likeness (QED) is 0.871. The molecule has 0 bridgehead atoms. The van der Waals surface area contributed by atoms with Crippen LogP contribution in [0.3, 0.4) is 0 Å². The lowest BCUT2D eigenvalue weighted by atomic mass is 10.0. The Labute approximate surface area is 118 Å². The van der Waals surface area contributed by atoms with E-state index in [1.807, 2.05) is 6.07 Å². The summed E-state index contributed by atoms with van der Waals surface area (Å²) in [5.41, 5.74) is 8.00. The summed E-state index contributed by atoms with van der Waals surface area (Å²) >= 11 is 3.50. The van der Waals surface area contributed by atoms with E-state index in [1.165, 1.54) is 31.5 Å². The Kier molecular flexibility index (Phi) is 4.65. The number of nitrogens with zero attached hydrogens (tertiary/aromatic N) is 2. The fraction of sp³-hybridized carbons (Fsp3) is 0.571. The van der Waals surface area contributed by atoms with Crippen molar-refractivity contribution in [1.82, 2.24) is 9.80 Å². The number of benzene rings is 1. The molecule has 1 heterocycles. The molecule has 100 valence electrons. The van der Waals surface area contributed by atoms with E-state index in [2.05, 4.69) is 52.0 Å². The van der Waals surface area contributed by atoms with Gasteiger partial charge in [-0.05, 0) is 63.8 Å². The van der Waals surface area contributed by atoms with Gasteiger partial charge in [-0.1, -0.05) is 15.9 Å². The molecule has 0 amide bonds. The van der Waals surface area contributed by atoms with Crippen LogP contribution in [0.2, 0.25) is 0 Å². The molecule has 1 aromatic carbocycles. The zero-order valence-corrected chi connectivity index (χ0v) is 12.8. The van der Waals surface area contributed by atoms with Crippen LogP contribution in [-0.2, 0) is 6.54 Å². The minimum atomic E-state index is 0.744. The summed E-state index contributed by atoms with van der Waals surface area (Å²) in [6.45, 7) is 3.36. The predicted molar refractivity (Wildman–Crippen MR) is 80.5 cm³/mol. The van der Waals surface area contributed by atoms with Crippen LogP contribution < -0.4 is 5.73 Å². The Morgan fingerprint density at radius 2 is 1.94 bits per heavy atom. The number of hydrogen-bond acceptors (Lipinski definition) is 3. The topological polar surface area (TPSA) is 32.5 Å². The van der Waals surface area contributed by atoms with Gasteiger partial charge in [-0.25, -0.2) is 0 Å². The second-order valence-electron chi connectivity index (χ2n) is 5.36. The summed E-state index contributed by atoms with van der Waals surface area (Å²) in [6.07, 6.45) is 2.52. The Morgan fingerprint density at radius 3 is 2.50 bits per heavy atom. The molecule has 0 aliphatic carbocycles. The Morgan fingerprint density at radius 1 is 1.28 bits per heavy atom. The van der Waals surface area contributed by atoms with Crippen LogP contribution in [0.15, 0.2) is 22.7 Å². The van der Waals surface area contributed by atoms with E-state index >= 15 is 0 Å². The van der Waals surface area contributed by atoms with E-state index in [9.17, 15) is 0 Å². The Bertz CT molecular complexity index is 378. The number of likely N-dealkylation sites (tertiary alicyclic amines) is 1. The molecule has 2 rings (SSSR count). The molecule has 0 atom stereocenters. The zero-order valence-electron chi connectivity index (χ0n) is 11.2. The summed E-state index contributed by atoms with van der Waals surface area (Å²) in [6, 6.07) is 6.92. The van der Waals surface area contributed by atoms with E-state index < -0.39 is 0 Å². The molecule has 0 spiro atoms. The van der Waals surface area contributed by atoms with Crippen molar-refractivity contribution in [2.45, 2.75) is 25.4 Å². The number of piperidine rings is 1. The first-order valence-corrected chi connectivity index (χ1v) is 7.27. The molecule has 0 unspecified atom stereocenters. The van der Waals surface area contributed by atoms with Gasteiger partial charge in [0, 0.05) is 22.7 Å². The van der Waals surface area contributed by atoms with Crippen molar-refractivity contribution in [2.24, 2.45) is 0 Å². The smallest absolute Gasteiger partial charge is 0.0328 e. The van der Waals surface area contributed by atoms with E-state index in [4.69, 9.17) is 5.73 Å². The van der Waals surface area contributed by atoms with Crippen LogP contribution in [-0.4, -0.2) is 43.0 Å². The number of nitrogen functional groups attached to an aromatic ring is 1. The van der Waals surface area contributed by atoms with Crippen LogP contribution in [0.4, 0.5) is 5.69 Å². The number of nitrogens with two attached hydrogens (primary N) is 1. The lowest BCUT2D eigenvalue weighted by Crippen LogP contribution is -2.41. The van der Waals surface area contributed by atoms with Gasteiger partial charge < -0.3 is 10.6 Å². The zero-order chi connectivity index (χ0) is 13.1. The van der Waals surface area contributed by atoms with Crippen LogP contribution in [0.25, 0.3) is 0 Å². The molecular weight excluding hydrogens is 290 g/mol.